The molecule has 2 heterocycles. The molecule has 2 aromatic heterocycles. The number of thiophene rings is 1. The molecule has 0 aliphatic carbocycles. The molecule has 0 saturated carbocycles. The number of ether oxygens (including phenoxy) is 4. The molecule has 0 saturated heterocycles. The van der Waals surface area contributed by atoms with Gasteiger partial charge in [-0.1, -0.05) is 18.2 Å². The molecule has 0 aliphatic heterocycles. The molecular weight excluding hydrogens is 516 g/mol. The van der Waals surface area contributed by atoms with Crippen LogP contribution in [0.1, 0.15) is 38.8 Å². The maximum absolute atomic E-state index is 13.9. The number of pyridine rings is 1. The van der Waals surface area contributed by atoms with E-state index in [1.807, 2.05) is 53.1 Å². The third-order valence-corrected chi connectivity index (χ3v) is 7.43. The predicted octanol–water partition coefficient (Wildman–Crippen LogP) is 6.22. The van der Waals surface area contributed by atoms with Gasteiger partial charge in [0.2, 0.25) is 5.43 Å². The highest BCUT2D eigenvalue weighted by Crippen LogP contribution is 2.39. The van der Waals surface area contributed by atoms with E-state index in [0.29, 0.717) is 18.5 Å². The summed E-state index contributed by atoms with van der Waals surface area (Å²) < 4.78 is 23.3. The number of aromatic nitrogens is 1. The van der Waals surface area contributed by atoms with Crippen LogP contribution in [0.4, 0.5) is 4.79 Å². The van der Waals surface area contributed by atoms with E-state index >= 15 is 0 Å². The maximum atomic E-state index is 13.9. The second-order valence-corrected chi connectivity index (χ2v) is 11.0. The third kappa shape index (κ3) is 6.43. The Bertz CT molecular complexity index is 1520. The Morgan fingerprint density at radius 3 is 2.36 bits per heavy atom. The van der Waals surface area contributed by atoms with Gasteiger partial charge in [0.15, 0.2) is 5.75 Å². The van der Waals surface area contributed by atoms with E-state index in [1.165, 1.54) is 11.3 Å². The highest BCUT2D eigenvalue weighted by atomic mass is 32.1. The minimum Gasteiger partial charge on any atom is -0.497 e. The number of benzene rings is 2. The van der Waals surface area contributed by atoms with Crippen LogP contribution in [0.25, 0.3) is 20.7 Å². The van der Waals surface area contributed by atoms with Crippen LogP contribution in [0.2, 0.25) is 0 Å². The molecule has 8 nitrogen and oxygen atoms in total. The van der Waals surface area contributed by atoms with Crippen molar-refractivity contribution in [2.75, 3.05) is 20.8 Å². The standard InChI is InChI=1S/C30H34N2O6S/c1-7-37-29(34)38-24-18-32(17-20-10-8-9-11-23(20)36-6)28-25(26(24)33)22(16-31-30(2,3)4)27(39-28)19-12-14-21(35-5)15-13-19/h8-15,18,31H,7,16-17H2,1-6H3. The first-order valence-corrected chi connectivity index (χ1v) is 13.5. The lowest BCUT2D eigenvalue weighted by molar-refractivity contribution is 0.104. The Hall–Kier alpha value is -3.82. The van der Waals surface area contributed by atoms with Crippen molar-refractivity contribution >= 4 is 27.7 Å². The fraction of sp³-hybridized carbons (Fsp3) is 0.333. The van der Waals surface area contributed by atoms with Crippen LogP contribution in [0, 0.1) is 0 Å². The van der Waals surface area contributed by atoms with E-state index in [4.69, 9.17) is 18.9 Å². The highest BCUT2D eigenvalue weighted by molar-refractivity contribution is 7.22. The minimum atomic E-state index is -0.919. The van der Waals surface area contributed by atoms with Crippen molar-refractivity contribution in [2.45, 2.75) is 46.3 Å². The monoisotopic (exact) mass is 550 g/mol. The van der Waals surface area contributed by atoms with Crippen LogP contribution in [0.15, 0.2) is 59.5 Å². The zero-order valence-electron chi connectivity index (χ0n) is 23.1. The summed E-state index contributed by atoms with van der Waals surface area (Å²) in [5, 5.41) is 4.03. The van der Waals surface area contributed by atoms with Crippen LogP contribution < -0.4 is 25.0 Å². The number of nitrogens with one attached hydrogen (secondary N) is 1. The summed E-state index contributed by atoms with van der Waals surface area (Å²) in [6, 6.07) is 15.5. The number of para-hydroxylation sites is 1. The Morgan fingerprint density at radius 1 is 1.00 bits per heavy atom. The van der Waals surface area contributed by atoms with Gasteiger partial charge in [-0.3, -0.25) is 4.79 Å². The SMILES string of the molecule is CCOC(=O)Oc1cn(Cc2ccccc2OC)c2sc(-c3ccc(OC)cc3)c(CNC(C)(C)C)c2c1=O. The summed E-state index contributed by atoms with van der Waals surface area (Å²) in [7, 11) is 3.25. The zero-order valence-corrected chi connectivity index (χ0v) is 23.9. The van der Waals surface area contributed by atoms with Crippen molar-refractivity contribution in [3.8, 4) is 27.7 Å². The lowest BCUT2D eigenvalue weighted by Gasteiger charge is -2.21. The summed E-state index contributed by atoms with van der Waals surface area (Å²) in [5.41, 5.74) is 2.15. The molecule has 9 heteroatoms. The fourth-order valence-electron chi connectivity index (χ4n) is 4.21. The van der Waals surface area contributed by atoms with Crippen molar-refractivity contribution < 1.29 is 23.7 Å². The van der Waals surface area contributed by atoms with Gasteiger partial charge in [-0.2, -0.15) is 0 Å². The molecule has 0 spiro atoms. The smallest absolute Gasteiger partial charge is 0.497 e. The average Bonchev–Trinajstić information content (AvgIpc) is 3.30. The lowest BCUT2D eigenvalue weighted by Crippen LogP contribution is -2.35. The first kappa shape index (κ1) is 28.2. The van der Waals surface area contributed by atoms with E-state index < -0.39 is 6.16 Å². The number of hydrogen-bond donors (Lipinski definition) is 1. The van der Waals surface area contributed by atoms with Gasteiger partial charge < -0.3 is 28.8 Å². The Kier molecular flexibility index (Phi) is 8.62. The van der Waals surface area contributed by atoms with Crippen molar-refractivity contribution in [2.24, 2.45) is 0 Å². The number of fused-ring (bicyclic) bond motifs is 1. The Balaban J connectivity index is 1.98. The topological polar surface area (TPSA) is 88.0 Å². The van der Waals surface area contributed by atoms with Crippen LogP contribution in [-0.2, 0) is 17.8 Å². The van der Waals surface area contributed by atoms with Gasteiger partial charge in [-0.25, -0.2) is 4.79 Å². The first-order valence-electron chi connectivity index (χ1n) is 12.7. The third-order valence-electron chi connectivity index (χ3n) is 6.11. The number of rotatable bonds is 9. The molecule has 0 radical (unpaired) electrons. The summed E-state index contributed by atoms with van der Waals surface area (Å²) in [6.07, 6.45) is 0.654. The van der Waals surface area contributed by atoms with Crippen LogP contribution in [-0.4, -0.2) is 37.1 Å². The number of nitrogens with zero attached hydrogens (tertiary/aromatic N) is 1. The quantitative estimate of drug-likeness (QED) is 0.248. The second-order valence-electron chi connectivity index (χ2n) is 9.97. The van der Waals surface area contributed by atoms with E-state index in [2.05, 4.69) is 26.1 Å². The molecule has 206 valence electrons. The second kappa shape index (κ2) is 11.9. The number of carbonyl (C=O) groups is 1. The van der Waals surface area contributed by atoms with E-state index in [9.17, 15) is 9.59 Å². The average molecular weight is 551 g/mol. The van der Waals surface area contributed by atoms with Crippen LogP contribution >= 0.6 is 11.3 Å². The van der Waals surface area contributed by atoms with Gasteiger partial charge in [-0.05, 0) is 69.2 Å². The molecule has 2 aromatic carbocycles. The summed E-state index contributed by atoms with van der Waals surface area (Å²) in [4.78, 5) is 27.9. The Morgan fingerprint density at radius 2 is 1.72 bits per heavy atom. The largest absolute Gasteiger partial charge is 0.514 e. The van der Waals surface area contributed by atoms with Gasteiger partial charge >= 0.3 is 6.16 Å². The Labute approximate surface area is 232 Å². The van der Waals surface area contributed by atoms with E-state index in [1.54, 1.807) is 27.3 Å². The normalized spacial score (nSPS) is 11.4. The van der Waals surface area contributed by atoms with E-state index in [-0.39, 0.29) is 23.3 Å². The molecule has 4 rings (SSSR count). The highest BCUT2D eigenvalue weighted by Gasteiger charge is 2.24. The lowest BCUT2D eigenvalue weighted by atomic mass is 10.0. The summed E-state index contributed by atoms with van der Waals surface area (Å²) in [6.45, 7) is 8.88. The molecule has 1 N–H and O–H groups in total. The van der Waals surface area contributed by atoms with Gasteiger partial charge in [0.25, 0.3) is 0 Å². The fourth-order valence-corrected chi connectivity index (χ4v) is 5.51. The van der Waals surface area contributed by atoms with Gasteiger partial charge in [0.05, 0.1) is 39.0 Å². The van der Waals surface area contributed by atoms with Gasteiger partial charge in [-0.15, -0.1) is 11.3 Å². The zero-order chi connectivity index (χ0) is 28.2. The van der Waals surface area contributed by atoms with Crippen LogP contribution in [0.3, 0.4) is 0 Å². The molecule has 4 aromatic rings. The van der Waals surface area contributed by atoms with Gasteiger partial charge in [0, 0.05) is 22.5 Å². The van der Waals surface area contributed by atoms with Crippen LogP contribution in [0.5, 0.6) is 17.2 Å². The minimum absolute atomic E-state index is 0.0908. The molecule has 0 fully saturated rings. The maximum Gasteiger partial charge on any atom is 0.514 e. The molecular formula is C30H34N2O6S. The summed E-state index contributed by atoms with van der Waals surface area (Å²) >= 11 is 1.52. The molecule has 0 aliphatic rings. The van der Waals surface area contributed by atoms with Crippen molar-refractivity contribution in [3.05, 3.63) is 76.1 Å². The molecule has 0 atom stereocenters. The van der Waals surface area contributed by atoms with E-state index in [0.717, 1.165) is 37.9 Å². The van der Waals surface area contributed by atoms with Crippen molar-refractivity contribution in [1.29, 1.82) is 0 Å². The first-order chi connectivity index (χ1) is 18.6. The number of methoxy groups -OCH3 is 2. The number of carbonyl (C=O) groups excluding carboxylic acids is 1. The van der Waals surface area contributed by atoms with Gasteiger partial charge in [0.1, 0.15) is 16.3 Å². The predicted molar refractivity (Wildman–Crippen MR) is 154 cm³/mol. The molecule has 0 unspecified atom stereocenters. The summed E-state index contributed by atoms with van der Waals surface area (Å²) in [5.74, 6) is 1.38. The number of hydrogen-bond acceptors (Lipinski definition) is 8. The molecule has 0 bridgehead atoms. The van der Waals surface area contributed by atoms with Crippen molar-refractivity contribution in [1.82, 2.24) is 9.88 Å². The molecule has 39 heavy (non-hydrogen) atoms. The van der Waals surface area contributed by atoms with Crippen molar-refractivity contribution in [3.63, 3.8) is 0 Å². The molecule has 0 amide bonds.